The molecule has 0 bridgehead atoms. The monoisotopic (exact) mass is 196 g/mol. The highest BCUT2D eigenvalue weighted by Gasteiger charge is 2.24. The largest absolute Gasteiger partial charge is 0.454 e. The highest BCUT2D eigenvalue weighted by molar-refractivity contribution is 5.78. The Labute approximate surface area is 79.4 Å². The molecule has 4 nitrogen and oxygen atoms in total. The van der Waals surface area contributed by atoms with Crippen LogP contribution in [0.1, 0.15) is 5.56 Å². The van der Waals surface area contributed by atoms with Gasteiger partial charge in [-0.05, 0) is 12.1 Å². The van der Waals surface area contributed by atoms with E-state index in [9.17, 15) is 9.18 Å². The Morgan fingerprint density at radius 1 is 1.71 bits per heavy atom. The number of fused-ring (bicyclic) bond motifs is 1. The predicted molar refractivity (Wildman–Crippen MR) is 43.6 cm³/mol. The number of hydrogen-bond acceptors (Lipinski definition) is 3. The minimum absolute atomic E-state index is 0.0944. The molecular formula is C9H7FNO3. The third kappa shape index (κ3) is 1.54. The van der Waals surface area contributed by atoms with Crippen LogP contribution in [0.15, 0.2) is 12.1 Å². The maximum absolute atomic E-state index is 12.7. The molecule has 1 aliphatic rings. The van der Waals surface area contributed by atoms with Crippen LogP contribution < -0.4 is 10.5 Å². The average Bonchev–Trinajstić information content (AvgIpc) is 2.16. The Hall–Kier alpha value is -1.62. The smallest absolute Gasteiger partial charge is 0.287 e. The van der Waals surface area contributed by atoms with Crippen molar-refractivity contribution < 1.29 is 18.7 Å². The van der Waals surface area contributed by atoms with Crippen molar-refractivity contribution in [1.29, 1.82) is 0 Å². The first-order valence-corrected chi connectivity index (χ1v) is 3.94. The summed E-state index contributed by atoms with van der Waals surface area (Å²) in [7, 11) is 0. The molecule has 2 N–H and O–H groups in total. The SMILES string of the molecule is NC(=O)C1OCc2cc(F)c[c]c2O1. The number of primary amides is 1. The fourth-order valence-electron chi connectivity index (χ4n) is 1.16. The molecule has 0 fully saturated rings. The fraction of sp³-hybridized carbons (Fsp3) is 0.222. The Balaban J connectivity index is 2.27. The quantitative estimate of drug-likeness (QED) is 0.704. The molecule has 1 atom stereocenters. The molecule has 1 heterocycles. The lowest BCUT2D eigenvalue weighted by Crippen LogP contribution is -2.38. The summed E-state index contributed by atoms with van der Waals surface area (Å²) in [5.74, 6) is -0.830. The van der Waals surface area contributed by atoms with Crippen molar-refractivity contribution in [3.8, 4) is 5.75 Å². The third-order valence-corrected chi connectivity index (χ3v) is 1.79. The first kappa shape index (κ1) is 8.96. The summed E-state index contributed by atoms with van der Waals surface area (Å²) in [5.41, 5.74) is 5.49. The first-order valence-electron chi connectivity index (χ1n) is 3.94. The summed E-state index contributed by atoms with van der Waals surface area (Å²) >= 11 is 0. The zero-order valence-electron chi connectivity index (χ0n) is 7.12. The van der Waals surface area contributed by atoms with Crippen LogP contribution in [0, 0.1) is 11.9 Å². The van der Waals surface area contributed by atoms with E-state index in [1.165, 1.54) is 6.07 Å². The summed E-state index contributed by atoms with van der Waals surface area (Å²) in [6, 6.07) is 4.95. The van der Waals surface area contributed by atoms with E-state index in [-0.39, 0.29) is 6.61 Å². The number of ether oxygens (including phenoxy) is 2. The minimum atomic E-state index is -1.11. The number of hydrogen-bond donors (Lipinski definition) is 1. The molecule has 1 aliphatic heterocycles. The van der Waals surface area contributed by atoms with Gasteiger partial charge in [0.25, 0.3) is 12.2 Å². The summed E-state index contributed by atoms with van der Waals surface area (Å²) in [6.45, 7) is 0.0944. The van der Waals surface area contributed by atoms with E-state index >= 15 is 0 Å². The minimum Gasteiger partial charge on any atom is -0.454 e. The maximum Gasteiger partial charge on any atom is 0.287 e. The van der Waals surface area contributed by atoms with Gasteiger partial charge in [0.2, 0.25) is 0 Å². The number of halogens is 1. The molecule has 0 saturated carbocycles. The molecule has 0 saturated heterocycles. The van der Waals surface area contributed by atoms with Gasteiger partial charge in [-0.25, -0.2) is 4.39 Å². The highest BCUT2D eigenvalue weighted by atomic mass is 19.1. The van der Waals surface area contributed by atoms with Crippen LogP contribution in [0.2, 0.25) is 0 Å². The van der Waals surface area contributed by atoms with Crippen molar-refractivity contribution in [2.24, 2.45) is 5.73 Å². The molecular weight excluding hydrogens is 189 g/mol. The lowest BCUT2D eigenvalue weighted by Gasteiger charge is -2.23. The van der Waals surface area contributed by atoms with Gasteiger partial charge in [0.05, 0.1) is 6.61 Å². The second-order valence-corrected chi connectivity index (χ2v) is 2.84. The first-order chi connectivity index (χ1) is 6.66. The molecule has 1 aromatic carbocycles. The van der Waals surface area contributed by atoms with Crippen molar-refractivity contribution in [2.75, 3.05) is 0 Å². The van der Waals surface area contributed by atoms with Crippen LogP contribution >= 0.6 is 0 Å². The van der Waals surface area contributed by atoms with Crippen LogP contribution in [0.3, 0.4) is 0 Å². The van der Waals surface area contributed by atoms with E-state index in [0.717, 1.165) is 6.07 Å². The highest BCUT2D eigenvalue weighted by Crippen LogP contribution is 2.25. The predicted octanol–water partition coefficient (Wildman–Crippen LogP) is 0.346. The van der Waals surface area contributed by atoms with E-state index in [4.69, 9.17) is 15.2 Å². The maximum atomic E-state index is 12.7. The number of rotatable bonds is 1. The van der Waals surface area contributed by atoms with E-state index in [0.29, 0.717) is 11.3 Å². The van der Waals surface area contributed by atoms with E-state index < -0.39 is 18.0 Å². The molecule has 73 valence electrons. The van der Waals surface area contributed by atoms with E-state index in [2.05, 4.69) is 6.07 Å². The number of benzene rings is 1. The summed E-state index contributed by atoms with van der Waals surface area (Å²) in [6.07, 6.45) is -1.11. The Bertz CT molecular complexity index is 380. The summed E-state index contributed by atoms with van der Waals surface area (Å²) in [5, 5.41) is 0. The molecule has 1 radical (unpaired) electrons. The standard InChI is InChI=1S/C9H7FNO3/c10-6-1-2-7-5(3-6)4-13-9(14-7)8(11)12/h1,3,9H,4H2,(H2,11,12). The normalized spacial score (nSPS) is 19.6. The van der Waals surface area contributed by atoms with Gasteiger partial charge in [0.1, 0.15) is 11.6 Å². The molecule has 1 amide bonds. The van der Waals surface area contributed by atoms with Gasteiger partial charge in [-0.3, -0.25) is 4.79 Å². The van der Waals surface area contributed by atoms with Gasteiger partial charge in [-0.2, -0.15) is 0 Å². The number of nitrogens with two attached hydrogens (primary N) is 1. The van der Waals surface area contributed by atoms with Crippen LogP contribution in [0.4, 0.5) is 4.39 Å². The van der Waals surface area contributed by atoms with Gasteiger partial charge in [0.15, 0.2) is 0 Å². The van der Waals surface area contributed by atoms with E-state index in [1.54, 1.807) is 0 Å². The molecule has 0 aromatic heterocycles. The number of amides is 1. The topological polar surface area (TPSA) is 61.6 Å². The van der Waals surface area contributed by atoms with Crippen LogP contribution in [0.25, 0.3) is 0 Å². The van der Waals surface area contributed by atoms with Gasteiger partial charge in [-0.1, -0.05) is 0 Å². The Morgan fingerprint density at radius 3 is 3.21 bits per heavy atom. The number of carbonyl (C=O) groups excluding carboxylic acids is 1. The van der Waals surface area contributed by atoms with Gasteiger partial charge in [-0.15, -0.1) is 0 Å². The molecule has 2 rings (SSSR count). The second-order valence-electron chi connectivity index (χ2n) is 2.84. The van der Waals surface area contributed by atoms with Gasteiger partial charge >= 0.3 is 0 Å². The molecule has 5 heteroatoms. The van der Waals surface area contributed by atoms with Crippen LogP contribution in [0.5, 0.6) is 5.75 Å². The zero-order valence-corrected chi connectivity index (χ0v) is 7.12. The van der Waals surface area contributed by atoms with Crippen molar-refractivity contribution in [3.63, 3.8) is 0 Å². The van der Waals surface area contributed by atoms with Crippen molar-refractivity contribution >= 4 is 5.91 Å². The average molecular weight is 196 g/mol. The van der Waals surface area contributed by atoms with Crippen LogP contribution in [-0.2, 0) is 16.1 Å². The van der Waals surface area contributed by atoms with E-state index in [1.807, 2.05) is 0 Å². The van der Waals surface area contributed by atoms with Crippen LogP contribution in [-0.4, -0.2) is 12.2 Å². The summed E-state index contributed by atoms with van der Waals surface area (Å²) in [4.78, 5) is 10.7. The second kappa shape index (κ2) is 3.26. The van der Waals surface area contributed by atoms with Crippen molar-refractivity contribution in [2.45, 2.75) is 12.9 Å². The Kier molecular flexibility index (Phi) is 2.09. The molecule has 0 aliphatic carbocycles. The molecule has 0 spiro atoms. The van der Waals surface area contributed by atoms with Crippen molar-refractivity contribution in [1.82, 2.24) is 0 Å². The lowest BCUT2D eigenvalue weighted by atomic mass is 10.2. The zero-order chi connectivity index (χ0) is 10.1. The Morgan fingerprint density at radius 2 is 2.50 bits per heavy atom. The van der Waals surface area contributed by atoms with Crippen molar-refractivity contribution in [3.05, 3.63) is 29.6 Å². The van der Waals surface area contributed by atoms with Gasteiger partial charge in [0, 0.05) is 11.6 Å². The lowest BCUT2D eigenvalue weighted by molar-refractivity contribution is -0.156. The third-order valence-electron chi connectivity index (χ3n) is 1.79. The number of carbonyl (C=O) groups is 1. The van der Waals surface area contributed by atoms with Gasteiger partial charge < -0.3 is 15.2 Å². The molecule has 1 aromatic rings. The molecule has 1 unspecified atom stereocenters. The summed E-state index contributed by atoms with van der Waals surface area (Å²) < 4.78 is 22.7. The fourth-order valence-corrected chi connectivity index (χ4v) is 1.16. The molecule has 14 heavy (non-hydrogen) atoms.